The van der Waals surface area contributed by atoms with Crippen LogP contribution in [0, 0.1) is 17.3 Å². The fourth-order valence-corrected chi connectivity index (χ4v) is 6.01. The molecule has 6 rings (SSSR count). The molecule has 0 radical (unpaired) electrons. The lowest BCUT2D eigenvalue weighted by atomic mass is 9.47. The number of ether oxygens (including phenoxy) is 2. The van der Waals surface area contributed by atoms with Gasteiger partial charge >= 0.3 is 0 Å². The predicted molar refractivity (Wildman–Crippen MR) is 93.5 cm³/mol. The normalized spacial score (nSPS) is 38.3. The number of fused-ring (bicyclic) bond motifs is 1. The molecular formula is C21H24O4. The van der Waals surface area contributed by atoms with E-state index in [1.165, 1.54) is 6.42 Å². The number of rotatable bonds is 3. The van der Waals surface area contributed by atoms with Crippen LogP contribution in [0.5, 0.6) is 11.5 Å². The number of allylic oxidation sites excluding steroid dienone is 1. The topological polar surface area (TPSA) is 55.8 Å². The third kappa shape index (κ3) is 2.58. The van der Waals surface area contributed by atoms with Crippen LogP contribution in [0.15, 0.2) is 24.3 Å². The van der Waals surface area contributed by atoms with E-state index in [2.05, 4.69) is 0 Å². The monoisotopic (exact) mass is 340 g/mol. The van der Waals surface area contributed by atoms with Gasteiger partial charge in [-0.05, 0) is 74.1 Å². The van der Waals surface area contributed by atoms with Gasteiger partial charge in [0.1, 0.15) is 13.2 Å². The van der Waals surface area contributed by atoms with E-state index < -0.39 is 5.60 Å². The van der Waals surface area contributed by atoms with Gasteiger partial charge < -0.3 is 14.6 Å². The van der Waals surface area contributed by atoms with Crippen molar-refractivity contribution < 1.29 is 19.4 Å². The van der Waals surface area contributed by atoms with Gasteiger partial charge in [-0.1, -0.05) is 12.1 Å². The van der Waals surface area contributed by atoms with E-state index in [4.69, 9.17) is 9.47 Å². The van der Waals surface area contributed by atoms with E-state index >= 15 is 0 Å². The summed E-state index contributed by atoms with van der Waals surface area (Å²) in [5, 5.41) is 10.8. The minimum absolute atomic E-state index is 0.190. The lowest BCUT2D eigenvalue weighted by molar-refractivity contribution is -0.173. The summed E-state index contributed by atoms with van der Waals surface area (Å²) >= 11 is 0. The highest BCUT2D eigenvalue weighted by Gasteiger charge is 2.59. The second-order valence-corrected chi connectivity index (χ2v) is 8.57. The quantitative estimate of drug-likeness (QED) is 0.857. The second kappa shape index (κ2) is 5.34. The minimum Gasteiger partial charge on any atom is -0.486 e. The molecule has 2 atom stereocenters. The molecule has 5 aliphatic rings. The zero-order valence-electron chi connectivity index (χ0n) is 14.4. The van der Waals surface area contributed by atoms with Crippen molar-refractivity contribution in [3.8, 4) is 11.5 Å². The molecule has 4 nitrogen and oxygen atoms in total. The van der Waals surface area contributed by atoms with Gasteiger partial charge in [0.25, 0.3) is 0 Å². The summed E-state index contributed by atoms with van der Waals surface area (Å²) in [4.78, 5) is 13.0. The molecule has 4 bridgehead atoms. The van der Waals surface area contributed by atoms with Crippen LogP contribution in [0.3, 0.4) is 0 Å². The summed E-state index contributed by atoms with van der Waals surface area (Å²) in [6, 6.07) is 5.77. The van der Waals surface area contributed by atoms with Crippen molar-refractivity contribution >= 4 is 11.9 Å². The van der Waals surface area contributed by atoms with Gasteiger partial charge in [-0.2, -0.15) is 0 Å². The molecule has 1 aromatic carbocycles. The molecule has 1 heterocycles. The van der Waals surface area contributed by atoms with E-state index in [0.717, 1.165) is 42.7 Å². The van der Waals surface area contributed by atoms with E-state index in [-0.39, 0.29) is 11.2 Å². The fraction of sp³-hybridized carbons (Fsp3) is 0.571. The van der Waals surface area contributed by atoms with Crippen LogP contribution in [-0.4, -0.2) is 29.7 Å². The summed E-state index contributed by atoms with van der Waals surface area (Å²) in [5.74, 6) is 2.74. The van der Waals surface area contributed by atoms with Crippen molar-refractivity contribution in [1.29, 1.82) is 0 Å². The largest absolute Gasteiger partial charge is 0.486 e. The first-order valence-electron chi connectivity index (χ1n) is 9.38. The van der Waals surface area contributed by atoms with E-state index in [9.17, 15) is 9.90 Å². The summed E-state index contributed by atoms with van der Waals surface area (Å²) in [6.45, 7) is 1.14. The first-order valence-corrected chi connectivity index (χ1v) is 9.38. The van der Waals surface area contributed by atoms with Gasteiger partial charge in [0.05, 0.1) is 5.60 Å². The number of aliphatic hydroxyl groups is 1. The predicted octanol–water partition coefficient (Wildman–Crippen LogP) is 3.37. The van der Waals surface area contributed by atoms with Crippen molar-refractivity contribution in [3.05, 3.63) is 29.8 Å². The molecule has 1 aromatic rings. The van der Waals surface area contributed by atoms with Crippen LogP contribution in [0.2, 0.25) is 0 Å². The maximum absolute atomic E-state index is 13.0. The highest BCUT2D eigenvalue weighted by Crippen LogP contribution is 2.62. The van der Waals surface area contributed by atoms with Crippen LogP contribution in [0.4, 0.5) is 0 Å². The van der Waals surface area contributed by atoms with Gasteiger partial charge in [0.2, 0.25) is 0 Å². The average Bonchev–Trinajstić information content (AvgIpc) is 2.57. The number of hydrogen-bond donors (Lipinski definition) is 1. The molecule has 1 N–H and O–H groups in total. The fourth-order valence-electron chi connectivity index (χ4n) is 6.01. The molecule has 0 spiro atoms. The van der Waals surface area contributed by atoms with Gasteiger partial charge in [-0.25, -0.2) is 0 Å². The van der Waals surface area contributed by atoms with Crippen LogP contribution in [0.1, 0.15) is 44.1 Å². The van der Waals surface area contributed by atoms with Gasteiger partial charge in [-0.3, -0.25) is 4.79 Å². The standard InChI is InChI=1S/C21H24O4/c22-19(4-2-14-1-3-17-18(8-14)25-6-5-24-17)20-9-15-7-16(10-20)12-21(23,11-15)13-20/h1-4,8,15-16,23H,5-7,9-13H2/b4-2+. The SMILES string of the molecule is O=C(/C=C/c1ccc2c(c1)OCCO2)C12CC3CC(CC(O)(C3)C1)C2. The third-order valence-corrected chi connectivity index (χ3v) is 6.55. The maximum Gasteiger partial charge on any atom is 0.161 e. The molecule has 0 amide bonds. The number of carbonyl (C=O) groups excluding carboxylic acids is 1. The van der Waals surface area contributed by atoms with Crippen molar-refractivity contribution in [3.63, 3.8) is 0 Å². The number of ketones is 1. The summed E-state index contributed by atoms with van der Waals surface area (Å²) in [5.41, 5.74) is 0.0225. The summed E-state index contributed by atoms with van der Waals surface area (Å²) in [6.07, 6.45) is 9.15. The van der Waals surface area contributed by atoms with Crippen molar-refractivity contribution in [2.24, 2.45) is 17.3 Å². The Morgan fingerprint density at radius 1 is 1.08 bits per heavy atom. The Morgan fingerprint density at radius 2 is 1.80 bits per heavy atom. The highest BCUT2D eigenvalue weighted by molar-refractivity contribution is 5.98. The molecule has 4 heteroatoms. The smallest absolute Gasteiger partial charge is 0.161 e. The lowest BCUT2D eigenvalue weighted by Crippen LogP contribution is -2.57. The maximum atomic E-state index is 13.0. The molecule has 1 aliphatic heterocycles. The van der Waals surface area contributed by atoms with Crippen molar-refractivity contribution in [2.75, 3.05) is 13.2 Å². The zero-order chi connectivity index (χ0) is 17.1. The second-order valence-electron chi connectivity index (χ2n) is 8.57. The Labute approximate surface area is 147 Å². The van der Waals surface area contributed by atoms with Crippen molar-refractivity contribution in [2.45, 2.75) is 44.1 Å². The average molecular weight is 340 g/mol. The first kappa shape index (κ1) is 15.4. The lowest BCUT2D eigenvalue weighted by Gasteiger charge is -2.59. The molecule has 4 aliphatic carbocycles. The Balaban J connectivity index is 1.37. The van der Waals surface area contributed by atoms with Crippen molar-refractivity contribution in [1.82, 2.24) is 0 Å². The van der Waals surface area contributed by atoms with Gasteiger partial charge in [0.15, 0.2) is 17.3 Å². The zero-order valence-corrected chi connectivity index (χ0v) is 14.4. The van der Waals surface area contributed by atoms with Gasteiger partial charge in [0, 0.05) is 5.41 Å². The Bertz CT molecular complexity index is 736. The Morgan fingerprint density at radius 3 is 2.52 bits per heavy atom. The van der Waals surface area contributed by atoms with Crippen LogP contribution < -0.4 is 9.47 Å². The van der Waals surface area contributed by atoms with Crippen LogP contribution in [-0.2, 0) is 4.79 Å². The van der Waals surface area contributed by atoms with E-state index in [1.807, 2.05) is 24.3 Å². The van der Waals surface area contributed by atoms with Gasteiger partial charge in [-0.15, -0.1) is 0 Å². The minimum atomic E-state index is -0.593. The molecule has 2 unspecified atom stereocenters. The number of benzene rings is 1. The molecule has 4 fully saturated rings. The van der Waals surface area contributed by atoms with E-state index in [0.29, 0.717) is 31.5 Å². The Kier molecular flexibility index (Phi) is 3.30. The summed E-state index contributed by atoms with van der Waals surface area (Å²) in [7, 11) is 0. The van der Waals surface area contributed by atoms with Crippen LogP contribution >= 0.6 is 0 Å². The summed E-state index contributed by atoms with van der Waals surface area (Å²) < 4.78 is 11.1. The Hall–Kier alpha value is -1.81. The molecule has 132 valence electrons. The molecule has 0 aromatic heterocycles. The molecule has 4 saturated carbocycles. The molecule has 0 saturated heterocycles. The molecular weight excluding hydrogens is 316 g/mol. The number of hydrogen-bond acceptors (Lipinski definition) is 4. The van der Waals surface area contributed by atoms with E-state index in [1.54, 1.807) is 6.08 Å². The number of carbonyl (C=O) groups is 1. The van der Waals surface area contributed by atoms with Crippen LogP contribution in [0.25, 0.3) is 6.08 Å². The third-order valence-electron chi connectivity index (χ3n) is 6.55. The highest BCUT2D eigenvalue weighted by atomic mass is 16.6. The molecule has 25 heavy (non-hydrogen) atoms. The first-order chi connectivity index (χ1) is 12.0.